The number of benzene rings is 2. The zero-order valence-electron chi connectivity index (χ0n) is 15.0. The molecule has 1 aromatic heterocycles. The lowest BCUT2D eigenvalue weighted by molar-refractivity contribution is -0.137. The fourth-order valence-corrected chi connectivity index (χ4v) is 2.54. The van der Waals surface area contributed by atoms with Gasteiger partial charge in [0.05, 0.1) is 5.56 Å². The second-order valence-corrected chi connectivity index (χ2v) is 6.16. The highest BCUT2D eigenvalue weighted by atomic mass is 19.4. The van der Waals surface area contributed by atoms with E-state index in [4.69, 9.17) is 20.6 Å². The summed E-state index contributed by atoms with van der Waals surface area (Å²) in [6.07, 6.45) is -3.27. The van der Waals surface area contributed by atoms with Crippen molar-refractivity contribution in [2.75, 3.05) is 6.61 Å². The van der Waals surface area contributed by atoms with Crippen LogP contribution in [0.1, 0.15) is 27.9 Å². The molecule has 3 aromatic rings. The second kappa shape index (κ2) is 8.11. The molecular weight excluding hydrogens is 413 g/mol. The van der Waals surface area contributed by atoms with Crippen LogP contribution in [0.4, 0.5) is 22.0 Å². The van der Waals surface area contributed by atoms with Gasteiger partial charge in [0.2, 0.25) is 5.89 Å². The fraction of sp³-hybridized carbons (Fsp3) is 0.158. The minimum absolute atomic E-state index is 0.0254. The monoisotopic (exact) mass is 427 g/mol. The lowest BCUT2D eigenvalue weighted by atomic mass is 10.1. The molecule has 158 valence electrons. The van der Waals surface area contributed by atoms with Crippen molar-refractivity contribution in [3.63, 3.8) is 0 Å². The number of nitrogens with zero attached hydrogens (tertiary/aromatic N) is 1. The van der Waals surface area contributed by atoms with Crippen molar-refractivity contribution in [3.8, 4) is 17.0 Å². The minimum Gasteiger partial charge on any atom is -0.488 e. The Hall–Kier alpha value is -3.47. The first-order valence-corrected chi connectivity index (χ1v) is 8.37. The van der Waals surface area contributed by atoms with Crippen molar-refractivity contribution in [2.24, 2.45) is 11.5 Å². The van der Waals surface area contributed by atoms with Crippen LogP contribution in [0.5, 0.6) is 5.75 Å². The van der Waals surface area contributed by atoms with E-state index in [0.29, 0.717) is 5.56 Å². The van der Waals surface area contributed by atoms with E-state index in [2.05, 4.69) is 4.98 Å². The van der Waals surface area contributed by atoms with Gasteiger partial charge in [-0.1, -0.05) is 12.1 Å². The summed E-state index contributed by atoms with van der Waals surface area (Å²) in [7, 11) is 0. The molecule has 6 nitrogen and oxygen atoms in total. The maximum absolute atomic E-state index is 14.2. The van der Waals surface area contributed by atoms with Crippen molar-refractivity contribution in [2.45, 2.75) is 12.2 Å². The van der Waals surface area contributed by atoms with E-state index >= 15 is 0 Å². The molecule has 1 amide bonds. The van der Waals surface area contributed by atoms with Gasteiger partial charge in [-0.25, -0.2) is 13.8 Å². The smallest absolute Gasteiger partial charge is 0.416 e. The number of primary amides is 1. The predicted octanol–water partition coefficient (Wildman–Crippen LogP) is 3.82. The number of aromatic nitrogens is 1. The van der Waals surface area contributed by atoms with Gasteiger partial charge < -0.3 is 20.6 Å². The highest BCUT2D eigenvalue weighted by molar-refractivity contribution is 5.93. The van der Waals surface area contributed by atoms with Crippen LogP contribution in [0.3, 0.4) is 0 Å². The van der Waals surface area contributed by atoms with E-state index in [0.717, 1.165) is 24.3 Å². The van der Waals surface area contributed by atoms with Gasteiger partial charge in [0.15, 0.2) is 11.6 Å². The molecule has 0 aliphatic heterocycles. The van der Waals surface area contributed by atoms with Gasteiger partial charge in [0, 0.05) is 5.56 Å². The van der Waals surface area contributed by atoms with Gasteiger partial charge in [-0.05, 0) is 24.3 Å². The Bertz CT molecular complexity index is 1060. The summed E-state index contributed by atoms with van der Waals surface area (Å²) < 4.78 is 75.9. The largest absolute Gasteiger partial charge is 0.488 e. The minimum atomic E-state index is -4.46. The first-order valence-electron chi connectivity index (χ1n) is 8.37. The Labute approximate surface area is 166 Å². The number of ether oxygens (including phenoxy) is 1. The number of hydrogen-bond acceptors (Lipinski definition) is 5. The van der Waals surface area contributed by atoms with Gasteiger partial charge >= 0.3 is 6.18 Å². The number of halogens is 5. The van der Waals surface area contributed by atoms with Crippen molar-refractivity contribution in [1.29, 1.82) is 0 Å². The molecule has 0 saturated heterocycles. The Balaban J connectivity index is 1.71. The molecule has 0 saturated carbocycles. The average molecular weight is 427 g/mol. The maximum Gasteiger partial charge on any atom is 0.416 e. The number of amides is 1. The zero-order valence-corrected chi connectivity index (χ0v) is 15.0. The third-order valence-electron chi connectivity index (χ3n) is 4.07. The molecule has 1 heterocycles. The van der Waals surface area contributed by atoms with Crippen molar-refractivity contribution >= 4 is 5.91 Å². The third kappa shape index (κ3) is 4.40. The van der Waals surface area contributed by atoms with Gasteiger partial charge in [-0.2, -0.15) is 13.2 Å². The second-order valence-electron chi connectivity index (χ2n) is 6.16. The molecule has 0 fully saturated rings. The topological polar surface area (TPSA) is 104 Å². The highest BCUT2D eigenvalue weighted by Crippen LogP contribution is 2.31. The van der Waals surface area contributed by atoms with Gasteiger partial charge in [0.1, 0.15) is 36.0 Å². The zero-order chi connectivity index (χ0) is 22.1. The molecule has 0 aliphatic rings. The Kier molecular flexibility index (Phi) is 5.74. The summed E-state index contributed by atoms with van der Waals surface area (Å²) in [6.45, 7) is -0.353. The summed E-state index contributed by atoms with van der Waals surface area (Å²) in [6, 6.07) is 5.05. The van der Waals surface area contributed by atoms with Crippen LogP contribution in [0, 0.1) is 11.6 Å². The van der Waals surface area contributed by atoms with Gasteiger partial charge in [-0.3, -0.25) is 4.79 Å². The number of hydrogen-bond donors (Lipinski definition) is 2. The standard InChI is InChI=1S/C19H14F5N3O3/c20-11-5-6-14(16(21)15(11)17(26)28)29-7-12(25)18-27-13(8-30-18)9-1-3-10(4-2-9)19(22,23)24/h1-6,8,12H,7,25H2,(H2,26,28). The summed E-state index contributed by atoms with van der Waals surface area (Å²) in [5, 5.41) is 0. The van der Waals surface area contributed by atoms with E-state index in [9.17, 15) is 26.7 Å². The lowest BCUT2D eigenvalue weighted by Gasteiger charge is -2.12. The third-order valence-corrected chi connectivity index (χ3v) is 4.07. The normalized spacial score (nSPS) is 12.6. The molecule has 0 spiro atoms. The number of carbonyl (C=O) groups is 1. The van der Waals surface area contributed by atoms with E-state index < -0.39 is 46.6 Å². The van der Waals surface area contributed by atoms with Crippen LogP contribution < -0.4 is 16.2 Å². The maximum atomic E-state index is 14.2. The SMILES string of the molecule is NC(=O)c1c(F)ccc(OCC(N)c2nc(-c3ccc(C(F)(F)F)cc3)co2)c1F. The number of oxazole rings is 1. The van der Waals surface area contributed by atoms with Crippen molar-refractivity contribution in [1.82, 2.24) is 4.98 Å². The van der Waals surface area contributed by atoms with Crippen LogP contribution in [-0.2, 0) is 6.18 Å². The first kappa shape index (κ1) is 21.2. The van der Waals surface area contributed by atoms with E-state index in [1.165, 1.54) is 18.4 Å². The molecule has 0 radical (unpaired) electrons. The quantitative estimate of drug-likeness (QED) is 0.582. The summed E-state index contributed by atoms with van der Waals surface area (Å²) >= 11 is 0. The van der Waals surface area contributed by atoms with Crippen LogP contribution in [0.2, 0.25) is 0 Å². The average Bonchev–Trinajstić information content (AvgIpc) is 3.16. The molecule has 11 heteroatoms. The lowest BCUT2D eigenvalue weighted by Crippen LogP contribution is -2.21. The van der Waals surface area contributed by atoms with Crippen molar-refractivity contribution < 1.29 is 35.9 Å². The van der Waals surface area contributed by atoms with Crippen LogP contribution in [0.15, 0.2) is 47.1 Å². The molecule has 0 aliphatic carbocycles. The number of rotatable bonds is 6. The Morgan fingerprint density at radius 3 is 2.40 bits per heavy atom. The summed E-state index contributed by atoms with van der Waals surface area (Å²) in [4.78, 5) is 15.2. The molecule has 1 unspecified atom stereocenters. The Morgan fingerprint density at radius 2 is 1.80 bits per heavy atom. The first-order chi connectivity index (χ1) is 14.1. The highest BCUT2D eigenvalue weighted by Gasteiger charge is 2.30. The molecule has 2 aromatic carbocycles. The van der Waals surface area contributed by atoms with E-state index in [1.54, 1.807) is 0 Å². The number of carbonyl (C=O) groups excluding carboxylic acids is 1. The van der Waals surface area contributed by atoms with Gasteiger partial charge in [0.25, 0.3) is 5.91 Å². The van der Waals surface area contributed by atoms with Crippen molar-refractivity contribution in [3.05, 3.63) is 71.3 Å². The number of alkyl halides is 3. The fourth-order valence-electron chi connectivity index (χ4n) is 2.54. The van der Waals surface area contributed by atoms with Crippen LogP contribution in [0.25, 0.3) is 11.3 Å². The molecular formula is C19H14F5N3O3. The Morgan fingerprint density at radius 1 is 1.13 bits per heavy atom. The molecule has 4 N–H and O–H groups in total. The molecule has 30 heavy (non-hydrogen) atoms. The summed E-state index contributed by atoms with van der Waals surface area (Å²) in [5.41, 5.74) is 9.66. The van der Waals surface area contributed by atoms with Crippen LogP contribution in [-0.4, -0.2) is 17.5 Å². The summed E-state index contributed by atoms with van der Waals surface area (Å²) in [5.74, 6) is -4.18. The van der Waals surface area contributed by atoms with E-state index in [1.807, 2.05) is 0 Å². The van der Waals surface area contributed by atoms with E-state index in [-0.39, 0.29) is 18.2 Å². The molecule has 1 atom stereocenters. The number of nitrogens with two attached hydrogens (primary N) is 2. The van der Waals surface area contributed by atoms with Gasteiger partial charge in [-0.15, -0.1) is 0 Å². The molecule has 0 bridgehead atoms. The van der Waals surface area contributed by atoms with Crippen LogP contribution >= 0.6 is 0 Å². The molecule has 3 rings (SSSR count). The predicted molar refractivity (Wildman–Crippen MR) is 94.2 cm³/mol.